The van der Waals surface area contributed by atoms with Gasteiger partial charge in [-0.15, -0.1) is 0 Å². The van der Waals surface area contributed by atoms with Crippen molar-refractivity contribution in [1.82, 2.24) is 0 Å². The first-order valence-corrected chi connectivity index (χ1v) is 5.90. The molecule has 0 atom stereocenters. The Balaban J connectivity index is 1.75. The van der Waals surface area contributed by atoms with Gasteiger partial charge in [0.15, 0.2) is 0 Å². The second-order valence-electron chi connectivity index (χ2n) is 4.22. The lowest BCUT2D eigenvalue weighted by Gasteiger charge is -2.01. The van der Waals surface area contributed by atoms with Crippen LogP contribution >= 0.6 is 11.6 Å². The standard InChI is InChI=1S/C13H15ClO/c14-12-5-1-3-10(9-12)4-2-6-13(15)11-7-8-11/h1,3,5,9,11H,2,4,6-8H2. The molecule has 1 aromatic rings. The SMILES string of the molecule is O=C(CCCc1cccc(Cl)c1)C1CC1. The Morgan fingerprint density at radius 1 is 1.40 bits per heavy atom. The van der Waals surface area contributed by atoms with Crippen LogP contribution in [0.3, 0.4) is 0 Å². The summed E-state index contributed by atoms with van der Waals surface area (Å²) in [7, 11) is 0. The van der Waals surface area contributed by atoms with Gasteiger partial charge < -0.3 is 0 Å². The maximum absolute atomic E-state index is 11.4. The van der Waals surface area contributed by atoms with Crippen molar-refractivity contribution >= 4 is 17.4 Å². The van der Waals surface area contributed by atoms with E-state index in [9.17, 15) is 4.79 Å². The van der Waals surface area contributed by atoms with Gasteiger partial charge in [-0.25, -0.2) is 0 Å². The zero-order chi connectivity index (χ0) is 10.7. The molecular weight excluding hydrogens is 208 g/mol. The summed E-state index contributed by atoms with van der Waals surface area (Å²) in [6.07, 6.45) is 4.89. The van der Waals surface area contributed by atoms with Crippen molar-refractivity contribution in [3.8, 4) is 0 Å². The van der Waals surface area contributed by atoms with Crippen LogP contribution in [0, 0.1) is 5.92 Å². The molecule has 0 bridgehead atoms. The highest BCUT2D eigenvalue weighted by Gasteiger charge is 2.28. The van der Waals surface area contributed by atoms with Crippen LogP contribution in [-0.2, 0) is 11.2 Å². The average Bonchev–Trinajstić information content (AvgIpc) is 3.00. The molecule has 1 nitrogen and oxygen atoms in total. The predicted molar refractivity (Wildman–Crippen MR) is 62.1 cm³/mol. The lowest BCUT2D eigenvalue weighted by atomic mass is 10.1. The Morgan fingerprint density at radius 3 is 2.87 bits per heavy atom. The third kappa shape index (κ3) is 3.35. The molecule has 1 aliphatic carbocycles. The minimum atomic E-state index is 0.407. The zero-order valence-corrected chi connectivity index (χ0v) is 9.46. The van der Waals surface area contributed by atoms with E-state index in [0.717, 1.165) is 37.1 Å². The van der Waals surface area contributed by atoms with Gasteiger partial charge in [0.2, 0.25) is 0 Å². The number of hydrogen-bond acceptors (Lipinski definition) is 1. The molecular formula is C13H15ClO. The number of hydrogen-bond donors (Lipinski definition) is 0. The van der Waals surface area contributed by atoms with Crippen molar-refractivity contribution in [1.29, 1.82) is 0 Å². The molecule has 0 unspecified atom stereocenters. The lowest BCUT2D eigenvalue weighted by Crippen LogP contribution is -2.00. The predicted octanol–water partition coefficient (Wildman–Crippen LogP) is 3.64. The molecule has 2 heteroatoms. The normalized spacial score (nSPS) is 15.3. The summed E-state index contributed by atoms with van der Waals surface area (Å²) in [5.74, 6) is 0.862. The highest BCUT2D eigenvalue weighted by molar-refractivity contribution is 6.30. The molecule has 15 heavy (non-hydrogen) atoms. The number of carbonyl (C=O) groups is 1. The Labute approximate surface area is 95.4 Å². The summed E-state index contributed by atoms with van der Waals surface area (Å²) in [6.45, 7) is 0. The molecule has 0 amide bonds. The molecule has 0 saturated heterocycles. The lowest BCUT2D eigenvalue weighted by molar-refractivity contribution is -0.120. The van der Waals surface area contributed by atoms with Gasteiger partial charge in [-0.1, -0.05) is 23.7 Å². The fourth-order valence-corrected chi connectivity index (χ4v) is 1.98. The van der Waals surface area contributed by atoms with E-state index in [2.05, 4.69) is 6.07 Å². The van der Waals surface area contributed by atoms with Crippen molar-refractivity contribution < 1.29 is 4.79 Å². The fourth-order valence-electron chi connectivity index (χ4n) is 1.77. The maximum atomic E-state index is 11.4. The molecule has 0 heterocycles. The van der Waals surface area contributed by atoms with Gasteiger partial charge in [0, 0.05) is 17.4 Å². The molecule has 0 spiro atoms. The van der Waals surface area contributed by atoms with E-state index in [1.165, 1.54) is 5.56 Å². The smallest absolute Gasteiger partial charge is 0.135 e. The van der Waals surface area contributed by atoms with Gasteiger partial charge in [0.25, 0.3) is 0 Å². The Kier molecular flexibility index (Phi) is 3.42. The second-order valence-corrected chi connectivity index (χ2v) is 4.66. The van der Waals surface area contributed by atoms with Crippen molar-refractivity contribution in [3.05, 3.63) is 34.9 Å². The summed E-state index contributed by atoms with van der Waals surface area (Å²) in [5.41, 5.74) is 1.23. The van der Waals surface area contributed by atoms with Gasteiger partial charge >= 0.3 is 0 Å². The van der Waals surface area contributed by atoms with E-state index in [4.69, 9.17) is 11.6 Å². The number of ketones is 1. The maximum Gasteiger partial charge on any atom is 0.135 e. The van der Waals surface area contributed by atoms with Crippen molar-refractivity contribution in [2.75, 3.05) is 0 Å². The largest absolute Gasteiger partial charge is 0.299 e. The molecule has 0 N–H and O–H groups in total. The molecule has 0 aromatic heterocycles. The zero-order valence-electron chi connectivity index (χ0n) is 8.71. The number of benzene rings is 1. The minimum Gasteiger partial charge on any atom is -0.299 e. The third-order valence-corrected chi connectivity index (χ3v) is 3.05. The van der Waals surface area contributed by atoms with Crippen LogP contribution in [0.15, 0.2) is 24.3 Å². The number of halogens is 1. The number of carbonyl (C=O) groups excluding carboxylic acids is 1. The van der Waals surface area contributed by atoms with Crippen molar-refractivity contribution in [2.24, 2.45) is 5.92 Å². The van der Waals surface area contributed by atoms with E-state index in [0.29, 0.717) is 11.7 Å². The first-order chi connectivity index (χ1) is 7.25. The summed E-state index contributed by atoms with van der Waals surface area (Å²) in [4.78, 5) is 11.4. The second kappa shape index (κ2) is 4.80. The van der Waals surface area contributed by atoms with E-state index < -0.39 is 0 Å². The van der Waals surface area contributed by atoms with Crippen LogP contribution in [0.2, 0.25) is 5.02 Å². The van der Waals surface area contributed by atoms with E-state index in [1.54, 1.807) is 0 Å². The van der Waals surface area contributed by atoms with Gasteiger partial charge in [0.1, 0.15) is 5.78 Å². The summed E-state index contributed by atoms with van der Waals surface area (Å²) >= 11 is 5.88. The van der Waals surface area contributed by atoms with Crippen LogP contribution in [0.25, 0.3) is 0 Å². The highest BCUT2D eigenvalue weighted by Crippen LogP contribution is 2.31. The summed E-state index contributed by atoms with van der Waals surface area (Å²) < 4.78 is 0. The third-order valence-electron chi connectivity index (χ3n) is 2.81. The highest BCUT2D eigenvalue weighted by atomic mass is 35.5. The van der Waals surface area contributed by atoms with Crippen molar-refractivity contribution in [2.45, 2.75) is 32.1 Å². The van der Waals surface area contributed by atoms with Crippen LogP contribution in [0.4, 0.5) is 0 Å². The van der Waals surface area contributed by atoms with Gasteiger partial charge in [0.05, 0.1) is 0 Å². The fraction of sp³-hybridized carbons (Fsp3) is 0.462. The van der Waals surface area contributed by atoms with Gasteiger partial charge in [-0.2, -0.15) is 0 Å². The molecule has 1 saturated carbocycles. The van der Waals surface area contributed by atoms with Gasteiger partial charge in [-0.3, -0.25) is 4.79 Å². The number of aryl methyl sites for hydroxylation is 1. The summed E-state index contributed by atoms with van der Waals surface area (Å²) in [6, 6.07) is 7.87. The van der Waals surface area contributed by atoms with Gasteiger partial charge in [-0.05, 0) is 43.4 Å². The van der Waals surface area contributed by atoms with Crippen molar-refractivity contribution in [3.63, 3.8) is 0 Å². The van der Waals surface area contributed by atoms with Crippen LogP contribution in [0.1, 0.15) is 31.2 Å². The Bertz CT molecular complexity index is 355. The molecule has 0 aliphatic heterocycles. The first kappa shape index (κ1) is 10.7. The average molecular weight is 223 g/mol. The van der Waals surface area contributed by atoms with Crippen LogP contribution < -0.4 is 0 Å². The quantitative estimate of drug-likeness (QED) is 0.744. The van der Waals surface area contributed by atoms with Crippen LogP contribution in [-0.4, -0.2) is 5.78 Å². The first-order valence-electron chi connectivity index (χ1n) is 5.53. The van der Waals surface area contributed by atoms with E-state index >= 15 is 0 Å². The van der Waals surface area contributed by atoms with Crippen LogP contribution in [0.5, 0.6) is 0 Å². The monoisotopic (exact) mass is 222 g/mol. The van der Waals surface area contributed by atoms with E-state index in [-0.39, 0.29) is 0 Å². The topological polar surface area (TPSA) is 17.1 Å². The molecule has 80 valence electrons. The molecule has 0 radical (unpaired) electrons. The Hall–Kier alpha value is -0.820. The molecule has 1 fully saturated rings. The number of Topliss-reactive ketones (excluding diaryl/α,β-unsaturated/α-hetero) is 1. The molecule has 1 aliphatic rings. The molecule has 1 aromatic carbocycles. The summed E-state index contributed by atoms with van der Waals surface area (Å²) in [5, 5.41) is 0.779. The minimum absolute atomic E-state index is 0.407. The Morgan fingerprint density at radius 2 is 2.20 bits per heavy atom. The number of rotatable bonds is 5. The molecule has 2 rings (SSSR count). The van der Waals surface area contributed by atoms with E-state index in [1.807, 2.05) is 18.2 Å².